The molecule has 0 saturated carbocycles. The van der Waals surface area contributed by atoms with Gasteiger partial charge in [-0.25, -0.2) is 15.0 Å². The van der Waals surface area contributed by atoms with E-state index in [-0.39, 0.29) is 12.3 Å². The van der Waals surface area contributed by atoms with Crippen molar-refractivity contribution in [2.24, 2.45) is 7.05 Å². The molecule has 0 saturated heterocycles. The number of pyridine rings is 1. The predicted molar refractivity (Wildman–Crippen MR) is 117 cm³/mol. The quantitative estimate of drug-likeness (QED) is 0.477. The molecule has 0 atom stereocenters. The number of nitrogens with one attached hydrogen (secondary N) is 2. The second-order valence-corrected chi connectivity index (χ2v) is 6.83. The van der Waals surface area contributed by atoms with Crippen LogP contribution in [0.25, 0.3) is 11.1 Å². The molecule has 156 valence electrons. The molecule has 9 nitrogen and oxygen atoms in total. The van der Waals surface area contributed by atoms with Crippen molar-refractivity contribution >= 4 is 23.2 Å². The van der Waals surface area contributed by atoms with Gasteiger partial charge in [-0.05, 0) is 17.2 Å². The highest BCUT2D eigenvalue weighted by Crippen LogP contribution is 2.20. The summed E-state index contributed by atoms with van der Waals surface area (Å²) in [6.07, 6.45) is 8.90. The Balaban J connectivity index is 1.36. The minimum Gasteiger partial charge on any atom is -0.481 e. The first kappa shape index (κ1) is 20.0. The summed E-state index contributed by atoms with van der Waals surface area (Å²) in [6.45, 7) is 0. The summed E-state index contributed by atoms with van der Waals surface area (Å²) in [5, 5.41) is 10.0. The third-order valence-electron chi connectivity index (χ3n) is 4.49. The van der Waals surface area contributed by atoms with Gasteiger partial charge in [0.25, 0.3) is 0 Å². The van der Waals surface area contributed by atoms with E-state index in [1.165, 1.54) is 7.11 Å². The van der Waals surface area contributed by atoms with Crippen LogP contribution in [0.1, 0.15) is 5.56 Å². The second-order valence-electron chi connectivity index (χ2n) is 6.83. The summed E-state index contributed by atoms with van der Waals surface area (Å²) in [6, 6.07) is 11.1. The number of nitrogens with zero attached hydrogens (tertiary/aromatic N) is 5. The van der Waals surface area contributed by atoms with Crippen molar-refractivity contribution in [2.75, 3.05) is 17.7 Å². The first-order valence-corrected chi connectivity index (χ1v) is 9.56. The number of methoxy groups -OCH3 is 1. The highest BCUT2D eigenvalue weighted by Gasteiger charge is 2.07. The molecule has 1 aromatic carbocycles. The monoisotopic (exact) mass is 415 g/mol. The Labute approximate surface area is 179 Å². The summed E-state index contributed by atoms with van der Waals surface area (Å²) >= 11 is 0. The van der Waals surface area contributed by atoms with Crippen LogP contribution in [0.2, 0.25) is 0 Å². The first-order chi connectivity index (χ1) is 15.1. The Hall–Kier alpha value is -4.27. The maximum Gasteiger partial charge on any atom is 0.228 e. The van der Waals surface area contributed by atoms with Crippen LogP contribution in [0.5, 0.6) is 5.88 Å². The molecule has 0 unspecified atom stereocenters. The fourth-order valence-electron chi connectivity index (χ4n) is 2.96. The van der Waals surface area contributed by atoms with Crippen LogP contribution in [-0.4, -0.2) is 37.7 Å². The molecule has 1 amide bonds. The number of hydrogen-bond acceptors (Lipinski definition) is 7. The largest absolute Gasteiger partial charge is 0.481 e. The van der Waals surface area contributed by atoms with Gasteiger partial charge in [-0.1, -0.05) is 24.3 Å². The maximum atomic E-state index is 12.3. The highest BCUT2D eigenvalue weighted by molar-refractivity contribution is 5.92. The molecule has 9 heteroatoms. The van der Waals surface area contributed by atoms with E-state index in [0.717, 1.165) is 22.4 Å². The average Bonchev–Trinajstić information content (AvgIpc) is 3.19. The molecule has 0 spiro atoms. The molecule has 0 aliphatic heterocycles. The van der Waals surface area contributed by atoms with E-state index in [9.17, 15) is 4.79 Å². The van der Waals surface area contributed by atoms with Gasteiger partial charge in [-0.3, -0.25) is 9.48 Å². The van der Waals surface area contributed by atoms with Crippen molar-refractivity contribution in [3.63, 3.8) is 0 Å². The van der Waals surface area contributed by atoms with Crippen molar-refractivity contribution in [1.29, 1.82) is 0 Å². The smallest absolute Gasteiger partial charge is 0.228 e. The van der Waals surface area contributed by atoms with Crippen LogP contribution in [-0.2, 0) is 18.3 Å². The number of ether oxygens (including phenoxy) is 1. The van der Waals surface area contributed by atoms with E-state index in [4.69, 9.17) is 4.74 Å². The SMILES string of the molecule is COc1cc(NC(=O)Cc2ccc(-c3cnc(Nc4cnn(C)c4)nc3)cc2)ccn1. The van der Waals surface area contributed by atoms with Crippen LogP contribution >= 0.6 is 0 Å². The Bertz CT molecular complexity index is 1170. The maximum absolute atomic E-state index is 12.3. The summed E-state index contributed by atoms with van der Waals surface area (Å²) in [4.78, 5) is 25.0. The molecule has 0 bridgehead atoms. The highest BCUT2D eigenvalue weighted by atomic mass is 16.5. The van der Waals surface area contributed by atoms with Crippen LogP contribution in [0.15, 0.2) is 67.4 Å². The second kappa shape index (κ2) is 9.04. The molecule has 0 radical (unpaired) electrons. The lowest BCUT2D eigenvalue weighted by Crippen LogP contribution is -2.14. The summed E-state index contributed by atoms with van der Waals surface area (Å²) in [5.74, 6) is 0.832. The van der Waals surface area contributed by atoms with Gasteiger partial charge in [-0.2, -0.15) is 5.10 Å². The number of anilines is 3. The Morgan fingerprint density at radius 3 is 2.45 bits per heavy atom. The fourth-order valence-corrected chi connectivity index (χ4v) is 2.96. The summed E-state index contributed by atoms with van der Waals surface area (Å²) in [7, 11) is 3.38. The lowest BCUT2D eigenvalue weighted by molar-refractivity contribution is -0.115. The third-order valence-corrected chi connectivity index (χ3v) is 4.49. The van der Waals surface area contributed by atoms with E-state index < -0.39 is 0 Å². The molecule has 4 rings (SSSR count). The van der Waals surface area contributed by atoms with Crippen molar-refractivity contribution < 1.29 is 9.53 Å². The first-order valence-electron chi connectivity index (χ1n) is 9.56. The number of hydrogen-bond donors (Lipinski definition) is 2. The minimum absolute atomic E-state index is 0.116. The molecule has 3 heterocycles. The van der Waals surface area contributed by atoms with Gasteiger partial charge in [0.2, 0.25) is 17.7 Å². The molecule has 2 N–H and O–H groups in total. The minimum atomic E-state index is -0.116. The Morgan fingerprint density at radius 2 is 1.77 bits per heavy atom. The third kappa shape index (κ3) is 5.21. The molecule has 4 aromatic rings. The van der Waals surface area contributed by atoms with Crippen molar-refractivity contribution in [3.05, 3.63) is 72.9 Å². The zero-order chi connectivity index (χ0) is 21.6. The van der Waals surface area contributed by atoms with Crippen LogP contribution in [0, 0.1) is 0 Å². The van der Waals surface area contributed by atoms with E-state index in [2.05, 4.69) is 30.7 Å². The van der Waals surface area contributed by atoms with E-state index in [1.54, 1.807) is 41.6 Å². The molecule has 3 aromatic heterocycles. The number of rotatable bonds is 7. The zero-order valence-corrected chi connectivity index (χ0v) is 17.1. The van der Waals surface area contributed by atoms with Gasteiger partial charge >= 0.3 is 0 Å². The number of benzene rings is 1. The van der Waals surface area contributed by atoms with Crippen LogP contribution in [0.4, 0.5) is 17.3 Å². The zero-order valence-electron chi connectivity index (χ0n) is 17.1. The van der Waals surface area contributed by atoms with Crippen molar-refractivity contribution in [1.82, 2.24) is 24.7 Å². The molecule has 0 aliphatic rings. The Morgan fingerprint density at radius 1 is 1.00 bits per heavy atom. The molecular weight excluding hydrogens is 394 g/mol. The lowest BCUT2D eigenvalue weighted by atomic mass is 10.1. The average molecular weight is 415 g/mol. The standard InChI is InChI=1S/C22H21N7O2/c1-29-14-19(13-26-29)28-22-24-11-17(12-25-22)16-5-3-15(4-6-16)9-20(30)27-18-7-8-23-21(10-18)31-2/h3-8,10-14H,9H2,1-2H3,(H,23,27,30)(H,24,25,28). The van der Waals surface area contributed by atoms with E-state index in [0.29, 0.717) is 17.5 Å². The molecular formula is C22H21N7O2. The number of carbonyl (C=O) groups excluding carboxylic acids is 1. The van der Waals surface area contributed by atoms with Gasteiger partial charge in [0.05, 0.1) is 25.4 Å². The van der Waals surface area contributed by atoms with Crippen molar-refractivity contribution in [3.8, 4) is 17.0 Å². The van der Waals surface area contributed by atoms with Gasteiger partial charge in [0.1, 0.15) is 0 Å². The van der Waals surface area contributed by atoms with E-state index >= 15 is 0 Å². The normalized spacial score (nSPS) is 10.5. The van der Waals surface area contributed by atoms with Crippen LogP contribution in [0.3, 0.4) is 0 Å². The topological polar surface area (TPSA) is 107 Å². The number of aromatic nitrogens is 5. The summed E-state index contributed by atoms with van der Waals surface area (Å²) < 4.78 is 6.77. The van der Waals surface area contributed by atoms with Crippen LogP contribution < -0.4 is 15.4 Å². The number of aryl methyl sites for hydroxylation is 1. The molecule has 31 heavy (non-hydrogen) atoms. The van der Waals surface area contributed by atoms with Gasteiger partial charge in [-0.15, -0.1) is 0 Å². The van der Waals surface area contributed by atoms with Gasteiger partial charge in [0.15, 0.2) is 0 Å². The Kier molecular flexibility index (Phi) is 5.84. The molecule has 0 fully saturated rings. The fraction of sp³-hybridized carbons (Fsp3) is 0.136. The summed E-state index contributed by atoms with van der Waals surface area (Å²) in [5.41, 5.74) is 4.22. The van der Waals surface area contributed by atoms with Gasteiger partial charge < -0.3 is 15.4 Å². The van der Waals surface area contributed by atoms with Gasteiger partial charge in [0, 0.05) is 49.2 Å². The van der Waals surface area contributed by atoms with Crippen molar-refractivity contribution in [2.45, 2.75) is 6.42 Å². The lowest BCUT2D eigenvalue weighted by Gasteiger charge is -2.08. The predicted octanol–water partition coefficient (Wildman–Crippen LogP) is 3.21. The van der Waals surface area contributed by atoms with E-state index in [1.807, 2.05) is 37.5 Å². The number of carbonyl (C=O) groups is 1. The number of amides is 1. The molecule has 0 aliphatic carbocycles.